The zero-order valence-electron chi connectivity index (χ0n) is 16.7. The van der Waals surface area contributed by atoms with E-state index in [1.54, 1.807) is 23.6 Å². The molecule has 0 spiro atoms. The van der Waals surface area contributed by atoms with E-state index in [-0.39, 0.29) is 22.9 Å². The van der Waals surface area contributed by atoms with Gasteiger partial charge >= 0.3 is 5.97 Å². The van der Waals surface area contributed by atoms with E-state index in [0.717, 1.165) is 3.97 Å². The van der Waals surface area contributed by atoms with Gasteiger partial charge in [-0.3, -0.25) is 4.79 Å². The summed E-state index contributed by atoms with van der Waals surface area (Å²) in [6, 6.07) is 11.5. The number of carboxylic acids is 1. The highest BCUT2D eigenvalue weighted by Gasteiger charge is 2.24. The summed E-state index contributed by atoms with van der Waals surface area (Å²) in [6.07, 6.45) is 1.54. The molecule has 0 aliphatic rings. The fourth-order valence-electron chi connectivity index (χ4n) is 3.83. The van der Waals surface area contributed by atoms with Crippen LogP contribution in [0.4, 0.5) is 4.39 Å². The van der Waals surface area contributed by atoms with Gasteiger partial charge in [-0.1, -0.05) is 23.2 Å². The third-order valence-electron chi connectivity index (χ3n) is 5.29. The van der Waals surface area contributed by atoms with Crippen molar-refractivity contribution in [2.24, 2.45) is 0 Å². The van der Waals surface area contributed by atoms with Crippen molar-refractivity contribution in [2.75, 3.05) is 0 Å². The van der Waals surface area contributed by atoms with Crippen molar-refractivity contribution in [1.29, 1.82) is 0 Å². The zero-order chi connectivity index (χ0) is 23.2. The summed E-state index contributed by atoms with van der Waals surface area (Å²) in [6.45, 7) is 1.43. The van der Waals surface area contributed by atoms with Gasteiger partial charge in [0.15, 0.2) is 0 Å². The highest BCUT2D eigenvalue weighted by Crippen LogP contribution is 2.31. The van der Waals surface area contributed by atoms with Crippen LogP contribution in [0.3, 0.4) is 0 Å². The van der Waals surface area contributed by atoms with Crippen LogP contribution in [0.2, 0.25) is 10.0 Å². The van der Waals surface area contributed by atoms with Crippen molar-refractivity contribution in [3.8, 4) is 0 Å². The maximum absolute atomic E-state index is 14.0. The predicted molar refractivity (Wildman–Crippen MR) is 121 cm³/mol. The lowest BCUT2D eigenvalue weighted by atomic mass is 10.1. The maximum Gasteiger partial charge on any atom is 0.323 e. The summed E-state index contributed by atoms with van der Waals surface area (Å²) < 4.78 is 43.3. The molecule has 0 unspecified atom stereocenters. The summed E-state index contributed by atoms with van der Waals surface area (Å²) in [5.74, 6) is -1.51. The number of rotatable bonds is 6. The SMILES string of the molecule is Cc1c(Cc2cccn2S(=O)(=O)c2ccc(Cl)cc2Cl)c2cc(F)ccc2n1CC(=O)O. The molecule has 1 N–H and O–H groups in total. The minimum atomic E-state index is -4.03. The van der Waals surface area contributed by atoms with Gasteiger partial charge in [-0.15, -0.1) is 0 Å². The van der Waals surface area contributed by atoms with Crippen LogP contribution >= 0.6 is 23.2 Å². The van der Waals surface area contributed by atoms with Gasteiger partial charge in [-0.05, 0) is 61.0 Å². The van der Waals surface area contributed by atoms with E-state index in [1.165, 1.54) is 42.6 Å². The Morgan fingerprint density at radius 2 is 1.88 bits per heavy atom. The number of hydrogen-bond acceptors (Lipinski definition) is 3. The molecule has 6 nitrogen and oxygen atoms in total. The minimum Gasteiger partial charge on any atom is -0.480 e. The van der Waals surface area contributed by atoms with Crippen LogP contribution in [0.5, 0.6) is 0 Å². The number of halogens is 3. The first-order valence-corrected chi connectivity index (χ1v) is 11.6. The average molecular weight is 495 g/mol. The monoisotopic (exact) mass is 494 g/mol. The van der Waals surface area contributed by atoms with Crippen LogP contribution in [-0.4, -0.2) is 28.0 Å². The fraction of sp³-hybridized carbons (Fsp3) is 0.136. The first kappa shape index (κ1) is 22.4. The van der Waals surface area contributed by atoms with Crippen molar-refractivity contribution in [3.63, 3.8) is 0 Å². The topological polar surface area (TPSA) is 81.3 Å². The van der Waals surface area contributed by atoms with E-state index in [1.807, 2.05) is 0 Å². The molecule has 0 bridgehead atoms. The Morgan fingerprint density at radius 1 is 1.12 bits per heavy atom. The number of hydrogen-bond donors (Lipinski definition) is 1. The van der Waals surface area contributed by atoms with E-state index in [0.29, 0.717) is 32.9 Å². The number of carbonyl (C=O) groups is 1. The third-order valence-corrected chi connectivity index (χ3v) is 7.74. The van der Waals surface area contributed by atoms with Gasteiger partial charge in [-0.2, -0.15) is 0 Å². The second-order valence-electron chi connectivity index (χ2n) is 7.26. The van der Waals surface area contributed by atoms with Gasteiger partial charge in [0.25, 0.3) is 10.0 Å². The van der Waals surface area contributed by atoms with Crippen LogP contribution in [-0.2, 0) is 27.8 Å². The molecular formula is C22H17Cl2FN2O4S. The first-order valence-electron chi connectivity index (χ1n) is 9.45. The van der Waals surface area contributed by atoms with E-state index < -0.39 is 21.8 Å². The largest absolute Gasteiger partial charge is 0.480 e. The highest BCUT2D eigenvalue weighted by atomic mass is 35.5. The van der Waals surface area contributed by atoms with Crippen molar-refractivity contribution < 1.29 is 22.7 Å². The van der Waals surface area contributed by atoms with Crippen molar-refractivity contribution in [2.45, 2.75) is 24.8 Å². The standard InChI is InChI=1S/C22H17Cl2FN2O4S/c1-13-17(18-10-15(25)5-6-20(18)26(13)12-22(28)29)11-16-3-2-8-27(16)32(30,31)21-7-4-14(23)9-19(21)24/h2-10H,11-12H2,1H3,(H,28,29). The summed E-state index contributed by atoms with van der Waals surface area (Å²) in [5, 5.41) is 10.1. The number of benzene rings is 2. The lowest BCUT2D eigenvalue weighted by Crippen LogP contribution is -2.16. The lowest BCUT2D eigenvalue weighted by Gasteiger charge is -2.12. The van der Waals surface area contributed by atoms with E-state index in [2.05, 4.69) is 0 Å². The molecule has 166 valence electrons. The first-order chi connectivity index (χ1) is 15.1. The Morgan fingerprint density at radius 3 is 2.56 bits per heavy atom. The number of carboxylic acid groups (broad SMARTS) is 1. The van der Waals surface area contributed by atoms with Crippen LogP contribution in [0, 0.1) is 12.7 Å². The molecule has 10 heteroatoms. The van der Waals surface area contributed by atoms with Crippen molar-refractivity contribution in [3.05, 3.63) is 87.5 Å². The lowest BCUT2D eigenvalue weighted by molar-refractivity contribution is -0.137. The Balaban J connectivity index is 1.84. The molecule has 0 amide bonds. The Bertz CT molecular complexity index is 1470. The van der Waals surface area contributed by atoms with Crippen LogP contribution < -0.4 is 0 Å². The molecule has 0 saturated heterocycles. The van der Waals surface area contributed by atoms with Gasteiger partial charge < -0.3 is 9.67 Å². The van der Waals surface area contributed by atoms with Gasteiger partial charge in [-0.25, -0.2) is 16.8 Å². The van der Waals surface area contributed by atoms with Gasteiger partial charge in [0.2, 0.25) is 0 Å². The minimum absolute atomic E-state index is 0.00605. The number of nitrogens with zero attached hydrogens (tertiary/aromatic N) is 2. The molecule has 0 fully saturated rings. The quantitative estimate of drug-likeness (QED) is 0.403. The number of fused-ring (bicyclic) bond motifs is 1. The van der Waals surface area contributed by atoms with E-state index >= 15 is 0 Å². The van der Waals surface area contributed by atoms with Crippen molar-refractivity contribution >= 4 is 50.1 Å². The summed E-state index contributed by atoms with van der Waals surface area (Å²) >= 11 is 12.0. The van der Waals surface area contributed by atoms with Crippen molar-refractivity contribution in [1.82, 2.24) is 8.54 Å². The molecule has 4 rings (SSSR count). The molecule has 2 heterocycles. The molecule has 0 aliphatic heterocycles. The second kappa shape index (κ2) is 8.27. The van der Waals surface area contributed by atoms with Crippen LogP contribution in [0.15, 0.2) is 59.6 Å². The van der Waals surface area contributed by atoms with Crippen LogP contribution in [0.1, 0.15) is 17.0 Å². The summed E-state index contributed by atoms with van der Waals surface area (Å²) in [5.41, 5.74) is 2.22. The summed E-state index contributed by atoms with van der Waals surface area (Å²) in [4.78, 5) is 11.3. The van der Waals surface area contributed by atoms with E-state index in [9.17, 15) is 22.7 Å². The molecule has 0 atom stereocenters. The van der Waals surface area contributed by atoms with Gasteiger partial charge in [0, 0.05) is 39.9 Å². The highest BCUT2D eigenvalue weighted by molar-refractivity contribution is 7.90. The molecule has 4 aromatic rings. The molecule has 0 radical (unpaired) electrons. The molecule has 32 heavy (non-hydrogen) atoms. The Labute approximate surface area is 193 Å². The Hall–Kier alpha value is -2.81. The van der Waals surface area contributed by atoms with Gasteiger partial charge in [0.05, 0.1) is 5.02 Å². The predicted octanol–water partition coefficient (Wildman–Crippen LogP) is 5.11. The molecule has 2 aromatic heterocycles. The number of aliphatic carboxylic acids is 1. The molecular weight excluding hydrogens is 478 g/mol. The zero-order valence-corrected chi connectivity index (χ0v) is 19.0. The maximum atomic E-state index is 14.0. The summed E-state index contributed by atoms with van der Waals surface area (Å²) in [7, 11) is -4.03. The molecule has 2 aromatic carbocycles. The molecule has 0 saturated carbocycles. The Kier molecular flexibility index (Phi) is 5.79. The second-order valence-corrected chi connectivity index (χ2v) is 9.88. The van der Waals surface area contributed by atoms with Gasteiger partial charge in [0.1, 0.15) is 17.3 Å². The third kappa shape index (κ3) is 3.90. The number of aromatic nitrogens is 2. The molecule has 0 aliphatic carbocycles. The van der Waals surface area contributed by atoms with E-state index in [4.69, 9.17) is 23.2 Å². The smallest absolute Gasteiger partial charge is 0.323 e. The van der Waals surface area contributed by atoms with Crippen LogP contribution in [0.25, 0.3) is 10.9 Å². The fourth-order valence-corrected chi connectivity index (χ4v) is 5.95. The normalized spacial score (nSPS) is 11.9. The average Bonchev–Trinajstić information content (AvgIpc) is 3.27.